The van der Waals surface area contributed by atoms with Crippen molar-refractivity contribution in [3.05, 3.63) is 64.1 Å². The number of aromatic nitrogens is 2. The van der Waals surface area contributed by atoms with Gasteiger partial charge in [0.05, 0.1) is 0 Å². The van der Waals surface area contributed by atoms with E-state index in [2.05, 4.69) is 34.7 Å². The number of nitrogens with one attached hydrogen (secondary N) is 1. The maximum Gasteiger partial charge on any atom is 0.271 e. The van der Waals surface area contributed by atoms with Gasteiger partial charge in [-0.3, -0.25) is 9.59 Å². The van der Waals surface area contributed by atoms with Crippen LogP contribution in [-0.2, 0) is 6.54 Å². The molecule has 0 spiro atoms. The molecule has 132 valence electrons. The number of benzene rings is 1. The summed E-state index contributed by atoms with van der Waals surface area (Å²) >= 11 is 0. The number of carbonyl (C=O) groups is 1. The van der Waals surface area contributed by atoms with Gasteiger partial charge in [-0.1, -0.05) is 37.3 Å². The Kier molecular flexibility index (Phi) is 5.64. The van der Waals surface area contributed by atoms with E-state index in [0.717, 1.165) is 32.1 Å². The quantitative estimate of drug-likeness (QED) is 0.910. The summed E-state index contributed by atoms with van der Waals surface area (Å²) in [5.74, 6) is 0.395. The van der Waals surface area contributed by atoms with E-state index >= 15 is 0 Å². The third-order valence-corrected chi connectivity index (χ3v) is 4.87. The van der Waals surface area contributed by atoms with E-state index in [1.54, 1.807) is 0 Å². The van der Waals surface area contributed by atoms with Crippen LogP contribution < -0.4 is 10.9 Å². The Morgan fingerprint density at radius 1 is 1.12 bits per heavy atom. The van der Waals surface area contributed by atoms with Crippen LogP contribution in [0.4, 0.5) is 0 Å². The van der Waals surface area contributed by atoms with Crippen LogP contribution >= 0.6 is 0 Å². The Hall–Kier alpha value is -2.43. The van der Waals surface area contributed by atoms with Gasteiger partial charge in [0.1, 0.15) is 5.69 Å². The molecule has 0 radical (unpaired) electrons. The van der Waals surface area contributed by atoms with E-state index in [4.69, 9.17) is 0 Å². The third kappa shape index (κ3) is 4.35. The van der Waals surface area contributed by atoms with E-state index in [-0.39, 0.29) is 17.5 Å². The van der Waals surface area contributed by atoms with Crippen LogP contribution in [-0.4, -0.2) is 21.7 Å². The minimum absolute atomic E-state index is 0.165. The molecule has 3 rings (SSSR count). The number of hydrogen-bond acceptors (Lipinski definition) is 3. The highest BCUT2D eigenvalue weighted by Crippen LogP contribution is 2.32. The van der Waals surface area contributed by atoms with E-state index < -0.39 is 0 Å². The monoisotopic (exact) mass is 339 g/mol. The first-order chi connectivity index (χ1) is 12.2. The fraction of sp³-hybridized carbons (Fsp3) is 0.450. The number of carbonyl (C=O) groups excluding carboxylic acids is 1. The molecule has 0 aliphatic heterocycles. The molecule has 1 aliphatic carbocycles. The highest BCUT2D eigenvalue weighted by atomic mass is 16.2. The van der Waals surface area contributed by atoms with Crippen molar-refractivity contribution in [2.45, 2.75) is 57.5 Å². The molecule has 1 aromatic heterocycles. The Morgan fingerprint density at radius 3 is 2.52 bits per heavy atom. The van der Waals surface area contributed by atoms with E-state index in [0.29, 0.717) is 18.2 Å². The average Bonchev–Trinajstić information content (AvgIpc) is 2.65. The van der Waals surface area contributed by atoms with Gasteiger partial charge in [0, 0.05) is 18.7 Å². The maximum absolute atomic E-state index is 12.4. The van der Waals surface area contributed by atoms with Crippen molar-refractivity contribution in [1.82, 2.24) is 15.1 Å². The summed E-state index contributed by atoms with van der Waals surface area (Å²) in [6.07, 6.45) is 4.91. The van der Waals surface area contributed by atoms with Gasteiger partial charge in [0.25, 0.3) is 11.5 Å². The van der Waals surface area contributed by atoms with Crippen LogP contribution in [0, 0.1) is 0 Å². The Morgan fingerprint density at radius 2 is 1.84 bits per heavy atom. The number of hydrogen-bond donors (Lipinski definition) is 1. The molecule has 1 aromatic carbocycles. The summed E-state index contributed by atoms with van der Waals surface area (Å²) in [5.41, 5.74) is 1.54. The van der Waals surface area contributed by atoms with Crippen LogP contribution in [0.3, 0.4) is 0 Å². The fourth-order valence-corrected chi connectivity index (χ4v) is 3.50. The van der Waals surface area contributed by atoms with Crippen molar-refractivity contribution in [3.8, 4) is 0 Å². The summed E-state index contributed by atoms with van der Waals surface area (Å²) in [6.45, 7) is 2.51. The number of rotatable bonds is 5. The number of aryl methyl sites for hydroxylation is 1. The van der Waals surface area contributed by atoms with Gasteiger partial charge in [-0.15, -0.1) is 0 Å². The first kappa shape index (κ1) is 17.4. The lowest BCUT2D eigenvalue weighted by atomic mass is 9.82. The van der Waals surface area contributed by atoms with Crippen molar-refractivity contribution >= 4 is 5.91 Å². The lowest BCUT2D eigenvalue weighted by Crippen LogP contribution is -2.38. The zero-order chi connectivity index (χ0) is 17.6. The molecule has 1 N–H and O–H groups in total. The van der Waals surface area contributed by atoms with Gasteiger partial charge in [0.15, 0.2) is 0 Å². The summed E-state index contributed by atoms with van der Waals surface area (Å²) in [7, 11) is 0. The highest BCUT2D eigenvalue weighted by Gasteiger charge is 2.24. The molecule has 25 heavy (non-hydrogen) atoms. The standard InChI is InChI=1S/C20H25N3O2/c1-2-14-23-19(24)13-12-18(22-23)20(25)21-17-10-8-16(9-11-17)15-6-4-3-5-7-15/h3-7,12-13,16-17H,2,8-11,14H2,1H3,(H,21,25). The summed E-state index contributed by atoms with van der Waals surface area (Å²) in [4.78, 5) is 24.2. The lowest BCUT2D eigenvalue weighted by molar-refractivity contribution is 0.0918. The second-order valence-corrected chi connectivity index (χ2v) is 6.71. The zero-order valence-corrected chi connectivity index (χ0v) is 14.6. The molecule has 0 unspecified atom stereocenters. The van der Waals surface area contributed by atoms with E-state index in [1.807, 2.05) is 13.0 Å². The van der Waals surface area contributed by atoms with E-state index in [1.165, 1.54) is 22.4 Å². The van der Waals surface area contributed by atoms with Crippen LogP contribution in [0.1, 0.15) is 61.0 Å². The molecule has 5 nitrogen and oxygen atoms in total. The molecule has 0 bridgehead atoms. The fourth-order valence-electron chi connectivity index (χ4n) is 3.50. The van der Waals surface area contributed by atoms with Crippen LogP contribution in [0.5, 0.6) is 0 Å². The Labute approximate surface area is 148 Å². The van der Waals surface area contributed by atoms with Crippen molar-refractivity contribution in [2.75, 3.05) is 0 Å². The van der Waals surface area contributed by atoms with Gasteiger partial charge in [0.2, 0.25) is 0 Å². The lowest BCUT2D eigenvalue weighted by Gasteiger charge is -2.29. The molecule has 5 heteroatoms. The van der Waals surface area contributed by atoms with Crippen LogP contribution in [0.25, 0.3) is 0 Å². The number of amides is 1. The maximum atomic E-state index is 12.4. The molecule has 1 saturated carbocycles. The molecule has 0 atom stereocenters. The Balaban J connectivity index is 1.58. The van der Waals surface area contributed by atoms with Crippen molar-refractivity contribution in [3.63, 3.8) is 0 Å². The smallest absolute Gasteiger partial charge is 0.271 e. The zero-order valence-electron chi connectivity index (χ0n) is 14.6. The molecular weight excluding hydrogens is 314 g/mol. The van der Waals surface area contributed by atoms with Crippen LogP contribution in [0.15, 0.2) is 47.3 Å². The molecule has 1 heterocycles. The van der Waals surface area contributed by atoms with Gasteiger partial charge in [-0.2, -0.15) is 5.10 Å². The van der Waals surface area contributed by atoms with E-state index in [9.17, 15) is 9.59 Å². The summed E-state index contributed by atoms with van der Waals surface area (Å²) in [6, 6.07) is 13.7. The Bertz CT molecular complexity index is 762. The third-order valence-electron chi connectivity index (χ3n) is 4.87. The molecule has 0 saturated heterocycles. The normalized spacial score (nSPS) is 20.2. The summed E-state index contributed by atoms with van der Waals surface area (Å²) < 4.78 is 1.36. The molecule has 1 fully saturated rings. The van der Waals surface area contributed by atoms with Gasteiger partial charge in [-0.25, -0.2) is 4.68 Å². The highest BCUT2D eigenvalue weighted by molar-refractivity contribution is 5.92. The number of nitrogens with zero attached hydrogens (tertiary/aromatic N) is 2. The SMILES string of the molecule is CCCn1nc(C(=O)NC2CCC(c3ccccc3)CC2)ccc1=O. The second kappa shape index (κ2) is 8.10. The molecular formula is C20H25N3O2. The predicted molar refractivity (Wildman–Crippen MR) is 97.7 cm³/mol. The van der Waals surface area contributed by atoms with Crippen molar-refractivity contribution in [2.24, 2.45) is 0 Å². The summed E-state index contributed by atoms with van der Waals surface area (Å²) in [5, 5.41) is 7.26. The topological polar surface area (TPSA) is 64.0 Å². The van der Waals surface area contributed by atoms with Crippen molar-refractivity contribution < 1.29 is 4.79 Å². The van der Waals surface area contributed by atoms with Crippen molar-refractivity contribution in [1.29, 1.82) is 0 Å². The average molecular weight is 339 g/mol. The molecule has 1 amide bonds. The molecule has 2 aromatic rings. The predicted octanol–water partition coefficient (Wildman–Crippen LogP) is 3.11. The van der Waals surface area contributed by atoms with Gasteiger partial charge in [-0.05, 0) is 49.7 Å². The first-order valence-corrected chi connectivity index (χ1v) is 9.11. The van der Waals surface area contributed by atoms with Gasteiger partial charge >= 0.3 is 0 Å². The second-order valence-electron chi connectivity index (χ2n) is 6.71. The largest absolute Gasteiger partial charge is 0.348 e. The first-order valence-electron chi connectivity index (χ1n) is 9.11. The van der Waals surface area contributed by atoms with Gasteiger partial charge < -0.3 is 5.32 Å². The molecule has 1 aliphatic rings. The minimum Gasteiger partial charge on any atom is -0.348 e. The van der Waals surface area contributed by atoms with Crippen LogP contribution in [0.2, 0.25) is 0 Å². The minimum atomic E-state index is -0.187.